The second-order valence-corrected chi connectivity index (χ2v) is 5.51. The van der Waals surface area contributed by atoms with E-state index in [1.54, 1.807) is 26.0 Å². The Labute approximate surface area is 97.6 Å². The predicted octanol–water partition coefficient (Wildman–Crippen LogP) is 1.50. The third kappa shape index (κ3) is 4.59. The number of aromatic nitrogens is 1. The fraction of sp³-hybridized carbons (Fsp3) is 0.375. The van der Waals surface area contributed by atoms with Crippen LogP contribution in [0.25, 0.3) is 0 Å². The van der Waals surface area contributed by atoms with Gasteiger partial charge in [0.2, 0.25) is 0 Å². The quantitative estimate of drug-likeness (QED) is 0.827. The zero-order valence-electron chi connectivity index (χ0n) is 8.36. The fourth-order valence-corrected chi connectivity index (χ4v) is 2.28. The number of anilines is 1. The first-order chi connectivity index (χ1) is 6.89. The number of rotatable bonds is 4. The van der Waals surface area contributed by atoms with Gasteiger partial charge in [0.05, 0.1) is 11.9 Å². The highest BCUT2D eigenvalue weighted by molar-refractivity contribution is 9.10. The topological polar surface area (TPSA) is 71.1 Å². The molecule has 5 nitrogen and oxygen atoms in total. The van der Waals surface area contributed by atoms with E-state index in [0.29, 0.717) is 10.3 Å². The molecule has 84 valence electrons. The van der Waals surface area contributed by atoms with Gasteiger partial charge in [0.1, 0.15) is 4.60 Å². The lowest BCUT2D eigenvalue weighted by Gasteiger charge is -2.11. The van der Waals surface area contributed by atoms with Crippen LogP contribution in [0.2, 0.25) is 0 Å². The minimum absolute atomic E-state index is 0.147. The van der Waals surface area contributed by atoms with Crippen LogP contribution < -0.4 is 9.44 Å². The molecule has 0 amide bonds. The molecule has 0 spiro atoms. The molecule has 0 fully saturated rings. The van der Waals surface area contributed by atoms with Crippen LogP contribution in [0.5, 0.6) is 0 Å². The molecule has 1 rings (SSSR count). The largest absolute Gasteiger partial charge is 0.299 e. The smallest absolute Gasteiger partial charge is 0.270 e. The van der Waals surface area contributed by atoms with Crippen LogP contribution in [0, 0.1) is 0 Å². The van der Waals surface area contributed by atoms with Crippen molar-refractivity contribution in [2.75, 3.05) is 4.72 Å². The molecule has 0 saturated heterocycles. The second kappa shape index (κ2) is 4.91. The van der Waals surface area contributed by atoms with Gasteiger partial charge in [0, 0.05) is 6.04 Å². The van der Waals surface area contributed by atoms with Crippen LogP contribution in [-0.4, -0.2) is 19.4 Å². The number of halogens is 1. The van der Waals surface area contributed by atoms with Crippen molar-refractivity contribution >= 4 is 31.8 Å². The number of nitrogens with one attached hydrogen (secondary N) is 2. The van der Waals surface area contributed by atoms with Gasteiger partial charge in [-0.3, -0.25) is 4.72 Å². The molecule has 7 heteroatoms. The van der Waals surface area contributed by atoms with E-state index < -0.39 is 10.2 Å². The van der Waals surface area contributed by atoms with Crippen LogP contribution in [0.4, 0.5) is 5.69 Å². The van der Waals surface area contributed by atoms with Crippen molar-refractivity contribution in [3.8, 4) is 0 Å². The predicted molar refractivity (Wildman–Crippen MR) is 62.8 cm³/mol. The van der Waals surface area contributed by atoms with E-state index in [9.17, 15) is 8.42 Å². The first-order valence-corrected chi connectivity index (χ1v) is 6.58. The molecule has 0 unspecified atom stereocenters. The van der Waals surface area contributed by atoms with Gasteiger partial charge in [-0.25, -0.2) is 4.98 Å². The molecule has 0 radical (unpaired) electrons. The van der Waals surface area contributed by atoms with E-state index in [1.165, 1.54) is 6.20 Å². The van der Waals surface area contributed by atoms with Crippen LogP contribution in [0.15, 0.2) is 22.9 Å². The Morgan fingerprint density at radius 1 is 1.40 bits per heavy atom. The van der Waals surface area contributed by atoms with Crippen molar-refractivity contribution in [3.63, 3.8) is 0 Å². The average Bonchev–Trinajstić information content (AvgIpc) is 2.06. The maximum atomic E-state index is 11.4. The van der Waals surface area contributed by atoms with Crippen LogP contribution in [-0.2, 0) is 10.2 Å². The molecule has 1 aromatic rings. The Balaban J connectivity index is 2.73. The Morgan fingerprint density at radius 2 is 2.07 bits per heavy atom. The monoisotopic (exact) mass is 293 g/mol. The van der Waals surface area contributed by atoms with Gasteiger partial charge in [-0.05, 0) is 41.9 Å². The van der Waals surface area contributed by atoms with Gasteiger partial charge in [-0.1, -0.05) is 0 Å². The van der Waals surface area contributed by atoms with E-state index in [4.69, 9.17) is 0 Å². The van der Waals surface area contributed by atoms with E-state index in [1.807, 2.05) is 0 Å². The third-order valence-electron chi connectivity index (χ3n) is 1.37. The normalized spacial score (nSPS) is 11.7. The molecule has 0 aliphatic heterocycles. The van der Waals surface area contributed by atoms with Gasteiger partial charge in [0.15, 0.2) is 0 Å². The maximum absolute atomic E-state index is 11.4. The summed E-state index contributed by atoms with van der Waals surface area (Å²) in [5, 5.41) is 0. The number of nitrogens with zero attached hydrogens (tertiary/aromatic N) is 1. The summed E-state index contributed by atoms with van der Waals surface area (Å²) in [7, 11) is -3.50. The highest BCUT2D eigenvalue weighted by Gasteiger charge is 2.10. The molecule has 1 heterocycles. The zero-order valence-corrected chi connectivity index (χ0v) is 10.8. The average molecular weight is 294 g/mol. The van der Waals surface area contributed by atoms with Crippen LogP contribution in [0.1, 0.15) is 13.8 Å². The van der Waals surface area contributed by atoms with Gasteiger partial charge in [-0.15, -0.1) is 0 Å². The summed E-state index contributed by atoms with van der Waals surface area (Å²) in [6.07, 6.45) is 1.43. The number of hydrogen-bond donors (Lipinski definition) is 2. The SMILES string of the molecule is CC(C)NS(=O)(=O)Nc1ccc(Br)nc1. The van der Waals surface area contributed by atoms with Crippen LogP contribution >= 0.6 is 15.9 Å². The van der Waals surface area contributed by atoms with Gasteiger partial charge in [0.25, 0.3) is 10.2 Å². The molecule has 0 saturated carbocycles. The lowest BCUT2D eigenvalue weighted by atomic mass is 10.4. The Hall–Kier alpha value is -0.660. The number of pyridine rings is 1. The molecule has 0 aliphatic carbocycles. The molecule has 0 atom stereocenters. The first kappa shape index (κ1) is 12.4. The molecule has 15 heavy (non-hydrogen) atoms. The minimum Gasteiger partial charge on any atom is -0.270 e. The van der Waals surface area contributed by atoms with Crippen molar-refractivity contribution in [2.45, 2.75) is 19.9 Å². The summed E-state index contributed by atoms with van der Waals surface area (Å²) in [5.74, 6) is 0. The lowest BCUT2D eigenvalue weighted by molar-refractivity contribution is 0.575. The van der Waals surface area contributed by atoms with E-state index in [-0.39, 0.29) is 6.04 Å². The van der Waals surface area contributed by atoms with Crippen molar-refractivity contribution in [2.24, 2.45) is 0 Å². The van der Waals surface area contributed by atoms with Gasteiger partial charge >= 0.3 is 0 Å². The Bertz CT molecular complexity index is 416. The molecular weight excluding hydrogens is 282 g/mol. The van der Waals surface area contributed by atoms with Gasteiger partial charge in [-0.2, -0.15) is 13.1 Å². The van der Waals surface area contributed by atoms with Crippen molar-refractivity contribution in [3.05, 3.63) is 22.9 Å². The standard InChI is InChI=1S/C8H12BrN3O2S/c1-6(2)11-15(13,14)12-7-3-4-8(9)10-5-7/h3-6,11-12H,1-2H3. The van der Waals surface area contributed by atoms with Crippen molar-refractivity contribution in [1.29, 1.82) is 0 Å². The Kier molecular flexibility index (Phi) is 4.06. The molecule has 0 aliphatic rings. The number of hydrogen-bond acceptors (Lipinski definition) is 3. The lowest BCUT2D eigenvalue weighted by Crippen LogP contribution is -2.35. The molecular formula is C8H12BrN3O2S. The highest BCUT2D eigenvalue weighted by atomic mass is 79.9. The molecule has 2 N–H and O–H groups in total. The summed E-state index contributed by atoms with van der Waals surface area (Å²) < 4.78 is 28.3. The summed E-state index contributed by atoms with van der Waals surface area (Å²) >= 11 is 3.16. The molecule has 1 aromatic heterocycles. The highest BCUT2D eigenvalue weighted by Crippen LogP contribution is 2.11. The van der Waals surface area contributed by atoms with Crippen molar-refractivity contribution in [1.82, 2.24) is 9.71 Å². The van der Waals surface area contributed by atoms with Crippen molar-refractivity contribution < 1.29 is 8.42 Å². The molecule has 0 bridgehead atoms. The van der Waals surface area contributed by atoms with E-state index in [0.717, 1.165) is 0 Å². The second-order valence-electron chi connectivity index (χ2n) is 3.25. The van der Waals surface area contributed by atoms with E-state index in [2.05, 4.69) is 30.4 Å². The first-order valence-electron chi connectivity index (χ1n) is 4.31. The summed E-state index contributed by atoms with van der Waals surface area (Å²) in [4.78, 5) is 3.90. The minimum atomic E-state index is -3.50. The third-order valence-corrected chi connectivity index (χ3v) is 3.13. The molecule has 0 aromatic carbocycles. The summed E-state index contributed by atoms with van der Waals surface area (Å²) in [6, 6.07) is 3.13. The van der Waals surface area contributed by atoms with Gasteiger partial charge < -0.3 is 0 Å². The summed E-state index contributed by atoms with van der Waals surface area (Å²) in [6.45, 7) is 3.50. The Morgan fingerprint density at radius 3 is 2.53 bits per heavy atom. The van der Waals surface area contributed by atoms with Crippen LogP contribution in [0.3, 0.4) is 0 Å². The zero-order chi connectivity index (χ0) is 11.5. The fourth-order valence-electron chi connectivity index (χ4n) is 0.931. The van der Waals surface area contributed by atoms with E-state index >= 15 is 0 Å². The summed E-state index contributed by atoms with van der Waals surface area (Å²) in [5.41, 5.74) is 0.423. The maximum Gasteiger partial charge on any atom is 0.299 e.